The van der Waals surface area contributed by atoms with Gasteiger partial charge in [0.2, 0.25) is 0 Å². The number of Topliss-reactive ketones (excluding diaryl/α,β-unsaturated/α-hetero) is 1. The van der Waals surface area contributed by atoms with E-state index < -0.39 is 11.9 Å². The lowest BCUT2D eigenvalue weighted by Crippen LogP contribution is -2.04. The molecule has 0 saturated heterocycles. The van der Waals surface area contributed by atoms with Crippen LogP contribution in [0.5, 0.6) is 0 Å². The summed E-state index contributed by atoms with van der Waals surface area (Å²) in [6, 6.07) is 0. The fraction of sp³-hybridized carbons (Fsp3) is 0.625. The van der Waals surface area contributed by atoms with Crippen LogP contribution in [-0.2, 0) is 14.4 Å². The maximum atomic E-state index is 10.9. The quantitative estimate of drug-likeness (QED) is 0.612. The maximum Gasteiger partial charge on any atom is 0.303 e. The smallest absolute Gasteiger partial charge is 0.303 e. The molecule has 2 N–H and O–H groups in total. The van der Waals surface area contributed by atoms with Gasteiger partial charge in [-0.2, -0.15) is 0 Å². The largest absolute Gasteiger partial charge is 0.481 e. The Labute approximate surface area is 75.4 Å². The van der Waals surface area contributed by atoms with Gasteiger partial charge in [0.15, 0.2) is 0 Å². The number of carboxylic acid groups (broad SMARTS) is 2. The summed E-state index contributed by atoms with van der Waals surface area (Å²) >= 11 is 0. The lowest BCUT2D eigenvalue weighted by atomic mass is 10.1. The highest BCUT2D eigenvalue weighted by atomic mass is 16.4. The Morgan fingerprint density at radius 1 is 0.769 bits per heavy atom. The van der Waals surface area contributed by atoms with Gasteiger partial charge in [-0.25, -0.2) is 0 Å². The Hall–Kier alpha value is -1.39. The summed E-state index contributed by atoms with van der Waals surface area (Å²) in [6.07, 6.45) is 0.215. The van der Waals surface area contributed by atoms with Crippen LogP contribution in [0.3, 0.4) is 0 Å². The van der Waals surface area contributed by atoms with E-state index in [1.165, 1.54) is 0 Å². The standard InChI is InChI=1S/C8H12O5/c9-6(4-5-8(12)13)2-1-3-7(10)11/h1-5H2,(H,10,11)(H,12,13). The van der Waals surface area contributed by atoms with Gasteiger partial charge >= 0.3 is 11.9 Å². The van der Waals surface area contributed by atoms with Gasteiger partial charge in [0.25, 0.3) is 0 Å². The molecule has 0 atom stereocenters. The van der Waals surface area contributed by atoms with Gasteiger partial charge in [0.1, 0.15) is 5.78 Å². The molecular formula is C8H12O5. The van der Waals surface area contributed by atoms with Crippen molar-refractivity contribution in [3.63, 3.8) is 0 Å². The van der Waals surface area contributed by atoms with Crippen molar-refractivity contribution in [2.24, 2.45) is 0 Å². The molecule has 5 nitrogen and oxygen atoms in total. The van der Waals surface area contributed by atoms with Crippen LogP contribution in [0.25, 0.3) is 0 Å². The predicted octanol–water partition coefficient (Wildman–Crippen LogP) is 0.675. The van der Waals surface area contributed by atoms with Gasteiger partial charge in [-0.05, 0) is 6.42 Å². The Morgan fingerprint density at radius 2 is 1.31 bits per heavy atom. The monoisotopic (exact) mass is 188 g/mol. The average molecular weight is 188 g/mol. The van der Waals surface area contributed by atoms with Crippen LogP contribution >= 0.6 is 0 Å². The summed E-state index contributed by atoms with van der Waals surface area (Å²) in [6.45, 7) is 0. The van der Waals surface area contributed by atoms with E-state index >= 15 is 0 Å². The zero-order valence-corrected chi connectivity index (χ0v) is 7.15. The highest BCUT2D eigenvalue weighted by Crippen LogP contribution is 2.01. The molecule has 0 heterocycles. The molecule has 0 spiro atoms. The molecule has 5 heteroatoms. The van der Waals surface area contributed by atoms with Gasteiger partial charge in [-0.1, -0.05) is 0 Å². The third kappa shape index (κ3) is 8.52. The number of rotatable bonds is 7. The highest BCUT2D eigenvalue weighted by Gasteiger charge is 2.06. The molecule has 0 rings (SSSR count). The molecule has 74 valence electrons. The minimum atomic E-state index is -1.01. The molecule has 13 heavy (non-hydrogen) atoms. The normalized spacial score (nSPS) is 9.54. The lowest BCUT2D eigenvalue weighted by molar-refractivity contribution is -0.139. The maximum absolute atomic E-state index is 10.9. The summed E-state index contributed by atoms with van der Waals surface area (Å²) in [7, 11) is 0. The van der Waals surface area contributed by atoms with Crippen molar-refractivity contribution in [1.82, 2.24) is 0 Å². The van der Waals surface area contributed by atoms with Crippen LogP contribution in [0.4, 0.5) is 0 Å². The summed E-state index contributed by atoms with van der Waals surface area (Å²) < 4.78 is 0. The van der Waals surface area contributed by atoms with Crippen LogP contribution in [0.2, 0.25) is 0 Å². The van der Waals surface area contributed by atoms with Crippen LogP contribution in [-0.4, -0.2) is 27.9 Å². The number of ketones is 1. The van der Waals surface area contributed by atoms with E-state index in [9.17, 15) is 14.4 Å². The molecule has 0 bridgehead atoms. The molecule has 0 amide bonds. The fourth-order valence-electron chi connectivity index (χ4n) is 0.808. The van der Waals surface area contributed by atoms with Crippen molar-refractivity contribution >= 4 is 17.7 Å². The van der Waals surface area contributed by atoms with Crippen molar-refractivity contribution in [2.45, 2.75) is 32.1 Å². The molecule has 0 aliphatic heterocycles. The second-order valence-electron chi connectivity index (χ2n) is 2.68. The highest BCUT2D eigenvalue weighted by molar-refractivity contribution is 5.82. The minimum absolute atomic E-state index is 0.00501. The summed E-state index contributed by atoms with van der Waals surface area (Å²) in [5.74, 6) is -2.14. The number of hydrogen-bond donors (Lipinski definition) is 2. The Bertz CT molecular complexity index is 209. The number of aliphatic carboxylic acids is 2. The minimum Gasteiger partial charge on any atom is -0.481 e. The Morgan fingerprint density at radius 3 is 1.77 bits per heavy atom. The molecule has 0 aromatic rings. The third-order valence-corrected chi connectivity index (χ3v) is 1.46. The second-order valence-corrected chi connectivity index (χ2v) is 2.68. The predicted molar refractivity (Wildman–Crippen MR) is 43.4 cm³/mol. The van der Waals surface area contributed by atoms with Crippen LogP contribution in [0.15, 0.2) is 0 Å². The van der Waals surface area contributed by atoms with Crippen molar-refractivity contribution < 1.29 is 24.6 Å². The van der Waals surface area contributed by atoms with Gasteiger partial charge in [-0.3, -0.25) is 14.4 Å². The summed E-state index contributed by atoms with van der Waals surface area (Å²) in [5.41, 5.74) is 0. The zero-order valence-electron chi connectivity index (χ0n) is 7.15. The first-order chi connectivity index (χ1) is 6.02. The van der Waals surface area contributed by atoms with Gasteiger partial charge < -0.3 is 10.2 Å². The molecule has 0 aromatic heterocycles. The Kier molecular flexibility index (Phi) is 5.50. The van der Waals surface area contributed by atoms with Gasteiger partial charge in [0, 0.05) is 19.3 Å². The van der Waals surface area contributed by atoms with E-state index in [-0.39, 0.29) is 37.9 Å². The molecule has 0 aliphatic carbocycles. The first-order valence-electron chi connectivity index (χ1n) is 3.97. The van der Waals surface area contributed by atoms with E-state index in [0.717, 1.165) is 0 Å². The lowest BCUT2D eigenvalue weighted by Gasteiger charge is -1.96. The third-order valence-electron chi connectivity index (χ3n) is 1.46. The van der Waals surface area contributed by atoms with Crippen molar-refractivity contribution in [1.29, 1.82) is 0 Å². The van der Waals surface area contributed by atoms with Crippen LogP contribution < -0.4 is 0 Å². The summed E-state index contributed by atoms with van der Waals surface area (Å²) in [5, 5.41) is 16.5. The number of hydrogen-bond acceptors (Lipinski definition) is 3. The molecule has 0 radical (unpaired) electrons. The first-order valence-corrected chi connectivity index (χ1v) is 3.97. The number of carbonyl (C=O) groups excluding carboxylic acids is 1. The zero-order chi connectivity index (χ0) is 10.3. The molecule has 0 aromatic carbocycles. The van der Waals surface area contributed by atoms with E-state index in [1.807, 2.05) is 0 Å². The van der Waals surface area contributed by atoms with Crippen molar-refractivity contribution in [3.8, 4) is 0 Å². The van der Waals surface area contributed by atoms with Crippen LogP contribution in [0.1, 0.15) is 32.1 Å². The summed E-state index contributed by atoms with van der Waals surface area (Å²) in [4.78, 5) is 31.0. The number of carboxylic acids is 2. The van der Waals surface area contributed by atoms with Crippen molar-refractivity contribution in [2.75, 3.05) is 0 Å². The SMILES string of the molecule is O=C(O)CCCC(=O)CCC(=O)O. The molecule has 0 unspecified atom stereocenters. The van der Waals surface area contributed by atoms with E-state index in [2.05, 4.69) is 0 Å². The Balaban J connectivity index is 3.41. The van der Waals surface area contributed by atoms with Gasteiger partial charge in [0.05, 0.1) is 6.42 Å². The topological polar surface area (TPSA) is 91.7 Å². The molecule has 0 aliphatic rings. The molecular weight excluding hydrogens is 176 g/mol. The van der Waals surface area contributed by atoms with Gasteiger partial charge in [-0.15, -0.1) is 0 Å². The van der Waals surface area contributed by atoms with E-state index in [0.29, 0.717) is 0 Å². The van der Waals surface area contributed by atoms with E-state index in [4.69, 9.17) is 10.2 Å². The average Bonchev–Trinajstić information content (AvgIpc) is 2.00. The number of carbonyl (C=O) groups is 3. The fourth-order valence-corrected chi connectivity index (χ4v) is 0.808. The molecule has 0 saturated carbocycles. The molecule has 0 fully saturated rings. The van der Waals surface area contributed by atoms with E-state index in [1.54, 1.807) is 0 Å². The van der Waals surface area contributed by atoms with Crippen LogP contribution in [0, 0.1) is 0 Å². The second kappa shape index (κ2) is 6.16. The van der Waals surface area contributed by atoms with Crippen molar-refractivity contribution in [3.05, 3.63) is 0 Å². The first kappa shape index (κ1) is 11.6.